The molecule has 3 atom stereocenters. The van der Waals surface area contributed by atoms with Gasteiger partial charge in [-0.15, -0.1) is 23.1 Å². The van der Waals surface area contributed by atoms with Crippen LogP contribution in [0.15, 0.2) is 63.1 Å². The Morgan fingerprint density at radius 2 is 2.04 bits per heavy atom. The minimum absolute atomic E-state index is 0.0160. The summed E-state index contributed by atoms with van der Waals surface area (Å²) in [5.41, 5.74) is 3.42. The molecule has 48 heavy (non-hydrogen) atoms. The zero-order valence-electron chi connectivity index (χ0n) is 25.0. The zero-order chi connectivity index (χ0) is 34.9. The molecule has 3 aliphatic heterocycles. The number of thioether (sulfide) groups is 1. The molecule has 5 heterocycles. The molecule has 250 valence electrons. The highest BCUT2D eigenvalue weighted by molar-refractivity contribution is 8.00. The molecule has 0 radical (unpaired) electrons. The number of rotatable bonds is 11. The third-order valence-corrected chi connectivity index (χ3v) is 9.05. The average molecular weight is 699 g/mol. The van der Waals surface area contributed by atoms with Crippen molar-refractivity contribution in [2.75, 3.05) is 16.8 Å². The number of β-lactam (4-membered cyclic amide) rings is 1. The summed E-state index contributed by atoms with van der Waals surface area (Å²) in [6, 6.07) is 1.95. The number of thiazole rings is 1. The van der Waals surface area contributed by atoms with Crippen LogP contribution in [0.1, 0.15) is 19.5 Å². The van der Waals surface area contributed by atoms with Crippen molar-refractivity contribution in [1.29, 1.82) is 0 Å². The number of fused-ring (bicyclic) bond motifs is 1. The molecule has 20 heteroatoms. The van der Waals surface area contributed by atoms with Crippen LogP contribution < -0.4 is 26.0 Å². The predicted molar refractivity (Wildman–Crippen MR) is 166 cm³/mol. The van der Waals surface area contributed by atoms with Crippen LogP contribution in [0.2, 0.25) is 0 Å². The van der Waals surface area contributed by atoms with E-state index in [0.29, 0.717) is 5.57 Å². The molecule has 18 nitrogen and oxygen atoms in total. The number of carboxylic acid groups (broad SMARTS) is 2. The highest BCUT2D eigenvalue weighted by Gasteiger charge is 2.53. The second kappa shape index (κ2) is 13.3. The van der Waals surface area contributed by atoms with E-state index in [1.807, 2.05) is 0 Å². The minimum Gasteiger partial charge on any atom is -0.543 e. The maximum Gasteiger partial charge on any atom is 0.350 e. The van der Waals surface area contributed by atoms with Gasteiger partial charge >= 0.3 is 5.97 Å². The van der Waals surface area contributed by atoms with Crippen molar-refractivity contribution in [2.24, 2.45) is 10.1 Å². The van der Waals surface area contributed by atoms with Gasteiger partial charge in [0.25, 0.3) is 17.7 Å². The Morgan fingerprint density at radius 1 is 1.29 bits per heavy atom. The van der Waals surface area contributed by atoms with E-state index in [1.165, 1.54) is 37.2 Å². The lowest BCUT2D eigenvalue weighted by Crippen LogP contribution is -2.71. The number of aliphatic hydroxyl groups excluding tert-OH is 1. The molecule has 6 N–H and O–H groups in total. The number of carbonyl (C=O) groups is 6. The van der Waals surface area contributed by atoms with Crippen LogP contribution in [-0.2, 0) is 40.1 Å². The van der Waals surface area contributed by atoms with Crippen LogP contribution >= 0.6 is 23.1 Å². The fraction of sp³-hybridized carbons (Fsp3) is 0.286. The second-order valence-electron chi connectivity index (χ2n) is 10.9. The van der Waals surface area contributed by atoms with Crippen molar-refractivity contribution in [2.45, 2.75) is 43.5 Å². The summed E-state index contributed by atoms with van der Waals surface area (Å²) in [7, 11) is 0. The lowest BCUT2D eigenvalue weighted by Gasteiger charge is -2.50. The molecular weight excluding hydrogens is 672 g/mol. The standard InChI is InChI=1S/C28H26N8O10S2/c1-28(2,26(44)45)46-34-18(15-11-48-27(29)32-15)22(40)33-19-23(41)36-20(25(42)43)12(10-47-24(19)36)8-35-5-3-4-13(9-35)31-21(39)14-6-16(37)17(38)7-30-14/h3-7,9,11,17,19,24,38H,8,10H2,1-2H3,(H5-,29,31,32,33,39,40,42,43,44,45)/t17?,19-,24+/m1/s1. The number of carbonyl (C=O) groups excluding carboxylic acids is 5. The normalized spacial score (nSPS) is 20.8. The van der Waals surface area contributed by atoms with Crippen LogP contribution in [0.5, 0.6) is 0 Å². The number of hydrogen-bond donors (Lipinski definition) is 5. The first-order chi connectivity index (χ1) is 22.7. The van der Waals surface area contributed by atoms with E-state index in [2.05, 4.69) is 25.8 Å². The molecule has 0 aliphatic carbocycles. The molecule has 2 aromatic rings. The van der Waals surface area contributed by atoms with E-state index >= 15 is 0 Å². The monoisotopic (exact) mass is 698 g/mol. The Labute approximate surface area is 278 Å². The molecule has 5 rings (SSSR count). The summed E-state index contributed by atoms with van der Waals surface area (Å²) >= 11 is 2.17. The number of nitrogens with two attached hydrogens (primary N) is 1. The SMILES string of the molecule is CC(C)(ON=C(C(=O)N[C@@H]1C(=O)N2C(C(=O)[O-])=C(C[n+]3cccc(NC(=O)C4=CC(=O)C(O)C=N4)c3)CS[C@@H]12)c1csc(N)n1)C(=O)O. The number of hydrogen-bond acceptors (Lipinski definition) is 15. The summed E-state index contributed by atoms with van der Waals surface area (Å²) < 4.78 is 1.56. The number of pyridine rings is 1. The molecular formula is C28H26N8O10S2. The minimum atomic E-state index is -1.81. The summed E-state index contributed by atoms with van der Waals surface area (Å²) in [5, 5.41) is 40.5. The Hall–Kier alpha value is -5.47. The van der Waals surface area contributed by atoms with E-state index in [1.54, 1.807) is 22.9 Å². The number of nitrogen functional groups attached to an aromatic ring is 1. The number of nitrogens with one attached hydrogen (secondary N) is 2. The van der Waals surface area contributed by atoms with E-state index in [4.69, 9.17) is 10.6 Å². The fourth-order valence-corrected chi connectivity index (χ4v) is 6.40. The summed E-state index contributed by atoms with van der Waals surface area (Å²) in [4.78, 5) is 88.4. The first-order valence-corrected chi connectivity index (χ1v) is 15.8. The molecule has 3 aliphatic rings. The topological polar surface area (TPSA) is 270 Å². The number of ketones is 1. The lowest BCUT2D eigenvalue weighted by atomic mass is 10.0. The zero-order valence-corrected chi connectivity index (χ0v) is 26.6. The van der Waals surface area contributed by atoms with Gasteiger partial charge in [-0.25, -0.2) is 9.78 Å². The fourth-order valence-electron chi connectivity index (χ4n) is 4.52. The van der Waals surface area contributed by atoms with E-state index < -0.39 is 64.3 Å². The molecule has 0 saturated carbocycles. The average Bonchev–Trinajstić information content (AvgIpc) is 3.46. The number of aliphatic imine (C=N–C) groups is 1. The largest absolute Gasteiger partial charge is 0.543 e. The third-order valence-electron chi connectivity index (χ3n) is 7.03. The third kappa shape index (κ3) is 6.94. The number of carboxylic acids is 2. The van der Waals surface area contributed by atoms with Gasteiger partial charge in [-0.05, 0) is 19.9 Å². The number of oxime groups is 1. The molecule has 0 aromatic carbocycles. The lowest BCUT2D eigenvalue weighted by molar-refractivity contribution is -0.688. The van der Waals surface area contributed by atoms with Crippen molar-refractivity contribution >= 4 is 81.3 Å². The van der Waals surface area contributed by atoms with E-state index in [9.17, 15) is 44.1 Å². The first-order valence-electron chi connectivity index (χ1n) is 13.8. The van der Waals surface area contributed by atoms with E-state index in [0.717, 1.165) is 28.5 Å². The van der Waals surface area contributed by atoms with Crippen molar-refractivity contribution in [3.63, 3.8) is 0 Å². The van der Waals surface area contributed by atoms with Gasteiger partial charge in [-0.1, -0.05) is 5.16 Å². The maximum absolute atomic E-state index is 13.3. The van der Waals surface area contributed by atoms with Gasteiger partial charge in [0, 0.05) is 35.1 Å². The number of amides is 3. The molecule has 0 spiro atoms. The number of aromatic nitrogens is 2. The van der Waals surface area contributed by atoms with Crippen molar-refractivity contribution in [1.82, 2.24) is 15.2 Å². The van der Waals surface area contributed by atoms with Crippen molar-refractivity contribution in [3.05, 3.63) is 58.6 Å². The Balaban J connectivity index is 1.31. The Morgan fingerprint density at radius 3 is 2.69 bits per heavy atom. The predicted octanol–water partition coefficient (Wildman–Crippen LogP) is -2.46. The van der Waals surface area contributed by atoms with Crippen molar-refractivity contribution < 1.29 is 53.5 Å². The van der Waals surface area contributed by atoms with Gasteiger partial charge < -0.3 is 41.3 Å². The molecule has 1 saturated heterocycles. The van der Waals surface area contributed by atoms with E-state index in [-0.39, 0.29) is 40.2 Å². The van der Waals surface area contributed by atoms with Crippen LogP contribution in [0.4, 0.5) is 10.8 Å². The van der Waals surface area contributed by atoms with Gasteiger partial charge in [-0.2, -0.15) is 4.57 Å². The molecule has 2 aromatic heterocycles. The summed E-state index contributed by atoms with van der Waals surface area (Å²) in [6.07, 6.45) is 3.54. The number of nitrogens with zero attached hydrogens (tertiary/aromatic N) is 5. The van der Waals surface area contributed by atoms with Gasteiger partial charge in [0.1, 0.15) is 28.5 Å². The van der Waals surface area contributed by atoms with Crippen LogP contribution in [0.3, 0.4) is 0 Å². The molecule has 1 unspecified atom stereocenters. The van der Waals surface area contributed by atoms with Gasteiger partial charge in [-0.3, -0.25) is 29.1 Å². The Kier molecular flexibility index (Phi) is 9.41. The molecule has 1 fully saturated rings. The number of aliphatic hydroxyl groups is 1. The highest BCUT2D eigenvalue weighted by Crippen LogP contribution is 2.40. The Bertz CT molecular complexity index is 1870. The maximum atomic E-state index is 13.3. The number of aliphatic carboxylic acids is 2. The van der Waals surface area contributed by atoms with Crippen LogP contribution in [0, 0.1) is 0 Å². The smallest absolute Gasteiger partial charge is 0.350 e. The van der Waals surface area contributed by atoms with Crippen molar-refractivity contribution in [3.8, 4) is 0 Å². The van der Waals surface area contributed by atoms with Gasteiger partial charge in [0.15, 0.2) is 41.7 Å². The highest BCUT2D eigenvalue weighted by atomic mass is 32.2. The van der Waals surface area contributed by atoms with Gasteiger partial charge in [0.2, 0.25) is 5.60 Å². The number of anilines is 2. The quantitative estimate of drug-likeness (QED) is 0.0706. The van der Waals surface area contributed by atoms with Crippen LogP contribution in [-0.4, -0.2) is 96.3 Å². The molecule has 3 amide bonds. The second-order valence-corrected chi connectivity index (χ2v) is 12.9. The first kappa shape index (κ1) is 33.9. The summed E-state index contributed by atoms with van der Waals surface area (Å²) in [6.45, 7) is 2.41. The van der Waals surface area contributed by atoms with Gasteiger partial charge in [0.05, 0.1) is 11.7 Å². The summed E-state index contributed by atoms with van der Waals surface area (Å²) in [5.74, 6) is -5.93. The van der Waals surface area contributed by atoms with Crippen LogP contribution in [0.25, 0.3) is 0 Å². The molecule has 0 bridgehead atoms.